The molecule has 0 fully saturated rings. The molecule has 6 heteroatoms. The molecule has 0 bridgehead atoms. The van der Waals surface area contributed by atoms with Gasteiger partial charge >= 0.3 is 0 Å². The maximum atomic E-state index is 10.7. The lowest BCUT2D eigenvalue weighted by Gasteiger charge is -2.08. The zero-order valence-corrected chi connectivity index (χ0v) is 11.0. The van der Waals surface area contributed by atoms with Crippen LogP contribution in [0.3, 0.4) is 0 Å². The van der Waals surface area contributed by atoms with E-state index in [1.165, 1.54) is 6.07 Å². The summed E-state index contributed by atoms with van der Waals surface area (Å²) < 4.78 is 1.91. The third-order valence-electron chi connectivity index (χ3n) is 2.97. The van der Waals surface area contributed by atoms with E-state index >= 15 is 0 Å². The summed E-state index contributed by atoms with van der Waals surface area (Å²) >= 11 is 0. The number of aromatic nitrogens is 2. The van der Waals surface area contributed by atoms with Crippen LogP contribution in [0, 0.1) is 17.0 Å². The Morgan fingerprint density at radius 2 is 2.21 bits per heavy atom. The van der Waals surface area contributed by atoms with Crippen molar-refractivity contribution in [1.29, 1.82) is 0 Å². The first-order valence-electron chi connectivity index (χ1n) is 6.11. The van der Waals surface area contributed by atoms with E-state index in [2.05, 4.69) is 10.4 Å². The van der Waals surface area contributed by atoms with Crippen LogP contribution in [-0.4, -0.2) is 14.7 Å². The second-order valence-electron chi connectivity index (χ2n) is 4.25. The zero-order valence-electron chi connectivity index (χ0n) is 11.0. The second-order valence-corrected chi connectivity index (χ2v) is 4.25. The number of nitrogens with zero attached hydrogens (tertiary/aromatic N) is 3. The standard InChI is InChI=1S/C13H16N4O2/c1-3-16-12(6-7-15-16)9-14-11-4-5-13(17(18)19)10(2)8-11/h4-8,14H,3,9H2,1-2H3. The minimum Gasteiger partial charge on any atom is -0.379 e. The number of hydrogen-bond donors (Lipinski definition) is 1. The van der Waals surface area contributed by atoms with E-state index in [1.54, 1.807) is 25.3 Å². The number of rotatable bonds is 5. The highest BCUT2D eigenvalue weighted by atomic mass is 16.6. The predicted molar refractivity (Wildman–Crippen MR) is 73.1 cm³/mol. The molecule has 1 N–H and O–H groups in total. The predicted octanol–water partition coefficient (Wildman–Crippen LogP) is 2.73. The van der Waals surface area contributed by atoms with Gasteiger partial charge in [-0.2, -0.15) is 5.10 Å². The maximum Gasteiger partial charge on any atom is 0.272 e. The fourth-order valence-electron chi connectivity index (χ4n) is 1.96. The molecular weight excluding hydrogens is 244 g/mol. The van der Waals surface area contributed by atoms with Crippen LogP contribution in [0.2, 0.25) is 0 Å². The molecule has 0 aliphatic rings. The smallest absolute Gasteiger partial charge is 0.272 e. The summed E-state index contributed by atoms with van der Waals surface area (Å²) in [5.41, 5.74) is 2.74. The van der Waals surface area contributed by atoms with E-state index in [0.29, 0.717) is 12.1 Å². The van der Waals surface area contributed by atoms with Gasteiger partial charge < -0.3 is 5.32 Å². The van der Waals surface area contributed by atoms with Gasteiger partial charge in [-0.15, -0.1) is 0 Å². The highest BCUT2D eigenvalue weighted by molar-refractivity contribution is 5.53. The highest BCUT2D eigenvalue weighted by Crippen LogP contribution is 2.21. The summed E-state index contributed by atoms with van der Waals surface area (Å²) in [7, 11) is 0. The molecule has 0 aliphatic carbocycles. The molecule has 100 valence electrons. The molecule has 2 rings (SSSR count). The quantitative estimate of drug-likeness (QED) is 0.662. The van der Waals surface area contributed by atoms with Gasteiger partial charge in [-0.3, -0.25) is 14.8 Å². The van der Waals surface area contributed by atoms with Crippen LogP contribution in [0.25, 0.3) is 0 Å². The van der Waals surface area contributed by atoms with Crippen molar-refractivity contribution in [2.75, 3.05) is 5.32 Å². The van der Waals surface area contributed by atoms with Gasteiger partial charge in [0.25, 0.3) is 5.69 Å². The van der Waals surface area contributed by atoms with Gasteiger partial charge in [0.2, 0.25) is 0 Å². The molecule has 0 saturated heterocycles. The van der Waals surface area contributed by atoms with Gasteiger partial charge in [-0.25, -0.2) is 0 Å². The fourth-order valence-corrected chi connectivity index (χ4v) is 1.96. The van der Waals surface area contributed by atoms with Gasteiger partial charge in [0.1, 0.15) is 0 Å². The van der Waals surface area contributed by atoms with Gasteiger partial charge in [-0.1, -0.05) is 0 Å². The molecule has 0 aliphatic heterocycles. The minimum atomic E-state index is -0.370. The second kappa shape index (κ2) is 5.51. The Morgan fingerprint density at radius 3 is 2.84 bits per heavy atom. The molecule has 2 aromatic rings. The van der Waals surface area contributed by atoms with E-state index in [1.807, 2.05) is 17.7 Å². The van der Waals surface area contributed by atoms with Crippen LogP contribution in [0.5, 0.6) is 0 Å². The molecule has 0 unspecified atom stereocenters. The minimum absolute atomic E-state index is 0.143. The third kappa shape index (κ3) is 2.90. The summed E-state index contributed by atoms with van der Waals surface area (Å²) in [6.07, 6.45) is 1.77. The van der Waals surface area contributed by atoms with Crippen molar-refractivity contribution in [2.24, 2.45) is 0 Å². The molecular formula is C13H16N4O2. The van der Waals surface area contributed by atoms with Crippen LogP contribution in [0.15, 0.2) is 30.5 Å². The van der Waals surface area contributed by atoms with Crippen LogP contribution in [0.4, 0.5) is 11.4 Å². The molecule has 0 spiro atoms. The molecule has 1 aromatic heterocycles. The van der Waals surface area contributed by atoms with Gasteiger partial charge in [-0.05, 0) is 32.0 Å². The number of aryl methyl sites for hydroxylation is 2. The van der Waals surface area contributed by atoms with Crippen molar-refractivity contribution in [3.05, 3.63) is 51.8 Å². The van der Waals surface area contributed by atoms with Crippen molar-refractivity contribution in [3.8, 4) is 0 Å². The van der Waals surface area contributed by atoms with Gasteiger partial charge in [0.15, 0.2) is 0 Å². The molecule has 6 nitrogen and oxygen atoms in total. The van der Waals surface area contributed by atoms with Crippen LogP contribution in [-0.2, 0) is 13.1 Å². The van der Waals surface area contributed by atoms with E-state index < -0.39 is 0 Å². The van der Waals surface area contributed by atoms with Gasteiger partial charge in [0, 0.05) is 30.1 Å². The first kappa shape index (κ1) is 13.1. The first-order valence-corrected chi connectivity index (χ1v) is 6.11. The number of nitro benzene ring substituents is 1. The number of benzene rings is 1. The monoisotopic (exact) mass is 260 g/mol. The van der Waals surface area contributed by atoms with Crippen molar-refractivity contribution in [3.63, 3.8) is 0 Å². The Balaban J connectivity index is 2.08. The Kier molecular flexibility index (Phi) is 3.79. The van der Waals surface area contributed by atoms with Crippen molar-refractivity contribution in [2.45, 2.75) is 26.9 Å². The Morgan fingerprint density at radius 1 is 1.42 bits per heavy atom. The lowest BCUT2D eigenvalue weighted by Crippen LogP contribution is -2.08. The van der Waals surface area contributed by atoms with Crippen LogP contribution in [0.1, 0.15) is 18.2 Å². The fraction of sp³-hybridized carbons (Fsp3) is 0.308. The lowest BCUT2D eigenvalue weighted by molar-refractivity contribution is -0.385. The Labute approximate surface area is 111 Å². The number of anilines is 1. The van der Waals surface area contributed by atoms with E-state index in [9.17, 15) is 10.1 Å². The van der Waals surface area contributed by atoms with E-state index in [-0.39, 0.29) is 10.6 Å². The topological polar surface area (TPSA) is 73.0 Å². The van der Waals surface area contributed by atoms with Gasteiger partial charge in [0.05, 0.1) is 17.2 Å². The van der Waals surface area contributed by atoms with Crippen LogP contribution < -0.4 is 5.32 Å². The largest absolute Gasteiger partial charge is 0.379 e. The van der Waals surface area contributed by atoms with E-state index in [0.717, 1.165) is 17.9 Å². The molecule has 0 atom stereocenters. The molecule has 0 radical (unpaired) electrons. The highest BCUT2D eigenvalue weighted by Gasteiger charge is 2.10. The Bertz CT molecular complexity index is 592. The lowest BCUT2D eigenvalue weighted by atomic mass is 10.2. The summed E-state index contributed by atoms with van der Waals surface area (Å²) in [5, 5.41) is 18.2. The maximum absolute atomic E-state index is 10.7. The SMILES string of the molecule is CCn1nccc1CNc1ccc([N+](=O)[O-])c(C)c1. The number of hydrogen-bond acceptors (Lipinski definition) is 4. The number of nitro groups is 1. The van der Waals surface area contributed by atoms with Crippen molar-refractivity contribution in [1.82, 2.24) is 9.78 Å². The average Bonchev–Trinajstić information content (AvgIpc) is 2.83. The third-order valence-corrected chi connectivity index (χ3v) is 2.97. The normalized spacial score (nSPS) is 10.4. The summed E-state index contributed by atoms with van der Waals surface area (Å²) in [4.78, 5) is 10.4. The molecule has 1 heterocycles. The summed E-state index contributed by atoms with van der Waals surface area (Å²) in [6, 6.07) is 6.98. The van der Waals surface area contributed by atoms with Crippen molar-refractivity contribution >= 4 is 11.4 Å². The van der Waals surface area contributed by atoms with Crippen LogP contribution >= 0.6 is 0 Å². The molecule has 1 aromatic carbocycles. The molecule has 19 heavy (non-hydrogen) atoms. The molecule has 0 saturated carbocycles. The van der Waals surface area contributed by atoms with Crippen molar-refractivity contribution < 1.29 is 4.92 Å². The summed E-state index contributed by atoms with van der Waals surface area (Å²) in [6.45, 7) is 5.24. The first-order chi connectivity index (χ1) is 9.11. The zero-order chi connectivity index (χ0) is 13.8. The summed E-state index contributed by atoms with van der Waals surface area (Å²) in [5.74, 6) is 0. The molecule has 0 amide bonds. The number of nitrogens with one attached hydrogen (secondary N) is 1. The average molecular weight is 260 g/mol. The Hall–Kier alpha value is -2.37. The van der Waals surface area contributed by atoms with E-state index in [4.69, 9.17) is 0 Å².